The fourth-order valence-electron chi connectivity index (χ4n) is 2.92. The molecule has 0 aromatic rings. The average molecular weight is 154 g/mol. The van der Waals surface area contributed by atoms with E-state index in [0.717, 1.165) is 12.8 Å². The van der Waals surface area contributed by atoms with Crippen LogP contribution in [-0.2, 0) is 9.53 Å². The van der Waals surface area contributed by atoms with Gasteiger partial charge >= 0.3 is 5.97 Å². The van der Waals surface area contributed by atoms with Gasteiger partial charge in [-0.25, -0.2) is 0 Å². The molecule has 11 heavy (non-hydrogen) atoms. The summed E-state index contributed by atoms with van der Waals surface area (Å²) in [5, 5.41) is 9.55. The van der Waals surface area contributed by atoms with Crippen molar-refractivity contribution in [1.29, 1.82) is 0 Å². The highest BCUT2D eigenvalue weighted by molar-refractivity contribution is 5.76. The molecule has 3 rings (SSSR count). The van der Waals surface area contributed by atoms with Gasteiger partial charge < -0.3 is 9.84 Å². The van der Waals surface area contributed by atoms with Gasteiger partial charge in [0.2, 0.25) is 0 Å². The SMILES string of the molecule is O=C1O[C@H]2[C@@H](O)[C@@H]3C[C@@H]2[C@@H]1C3. The van der Waals surface area contributed by atoms with Crippen molar-refractivity contribution < 1.29 is 14.6 Å². The normalized spacial score (nSPS) is 58.6. The molecular weight excluding hydrogens is 144 g/mol. The topological polar surface area (TPSA) is 46.5 Å². The number of rotatable bonds is 0. The first kappa shape index (κ1) is 6.00. The van der Waals surface area contributed by atoms with E-state index in [4.69, 9.17) is 4.74 Å². The van der Waals surface area contributed by atoms with Crippen LogP contribution in [-0.4, -0.2) is 23.3 Å². The number of esters is 1. The lowest BCUT2D eigenvalue weighted by Crippen LogP contribution is -2.31. The molecule has 3 nitrogen and oxygen atoms in total. The van der Waals surface area contributed by atoms with E-state index in [9.17, 15) is 9.90 Å². The van der Waals surface area contributed by atoms with E-state index in [0.29, 0.717) is 11.8 Å². The minimum Gasteiger partial charge on any atom is -0.459 e. The first-order valence-corrected chi connectivity index (χ1v) is 4.16. The van der Waals surface area contributed by atoms with E-state index in [2.05, 4.69) is 0 Å². The van der Waals surface area contributed by atoms with Crippen molar-refractivity contribution in [3.05, 3.63) is 0 Å². The van der Waals surface area contributed by atoms with Gasteiger partial charge in [0.05, 0.1) is 12.0 Å². The summed E-state index contributed by atoms with van der Waals surface area (Å²) in [6.45, 7) is 0. The van der Waals surface area contributed by atoms with Crippen LogP contribution < -0.4 is 0 Å². The summed E-state index contributed by atoms with van der Waals surface area (Å²) in [6.07, 6.45) is 1.36. The molecule has 1 N–H and O–H groups in total. The second-order valence-corrected chi connectivity index (χ2v) is 3.89. The molecule has 1 aliphatic heterocycles. The highest BCUT2D eigenvalue weighted by Gasteiger charge is 2.61. The molecular formula is C8H10O3. The maximum absolute atomic E-state index is 11.1. The largest absolute Gasteiger partial charge is 0.459 e. The van der Waals surface area contributed by atoms with E-state index in [1.54, 1.807) is 0 Å². The highest BCUT2D eigenvalue weighted by atomic mass is 16.6. The van der Waals surface area contributed by atoms with Gasteiger partial charge in [0.25, 0.3) is 0 Å². The van der Waals surface area contributed by atoms with Gasteiger partial charge in [0, 0.05) is 5.92 Å². The monoisotopic (exact) mass is 154 g/mol. The van der Waals surface area contributed by atoms with Crippen molar-refractivity contribution in [2.45, 2.75) is 25.0 Å². The fraction of sp³-hybridized carbons (Fsp3) is 0.875. The first-order chi connectivity index (χ1) is 5.27. The standard InChI is InChI=1S/C8H10O3/c9-6-3-1-4-5(2-3)8(10)11-7(4)6/h3-7,9H,1-2H2/t3-,4-,5+,6+,7-/m1/s1. The lowest BCUT2D eigenvalue weighted by atomic mass is 9.88. The zero-order valence-electron chi connectivity index (χ0n) is 6.06. The maximum Gasteiger partial charge on any atom is 0.309 e. The Morgan fingerprint density at radius 3 is 2.91 bits per heavy atom. The quantitative estimate of drug-likeness (QED) is 0.497. The van der Waals surface area contributed by atoms with Crippen molar-refractivity contribution in [3.63, 3.8) is 0 Å². The number of hydrogen-bond acceptors (Lipinski definition) is 3. The predicted octanol–water partition coefficient (Wildman–Crippen LogP) is -0.0713. The zero-order valence-corrected chi connectivity index (χ0v) is 6.06. The minimum atomic E-state index is -0.359. The molecule has 0 aromatic heterocycles. The molecule has 5 atom stereocenters. The van der Waals surface area contributed by atoms with Crippen molar-refractivity contribution in [2.24, 2.45) is 17.8 Å². The van der Waals surface area contributed by atoms with Crippen LogP contribution >= 0.6 is 0 Å². The molecule has 3 fully saturated rings. The summed E-state index contributed by atoms with van der Waals surface area (Å²) in [5.74, 6) is 0.761. The molecule has 2 aliphatic carbocycles. The first-order valence-electron chi connectivity index (χ1n) is 4.16. The summed E-state index contributed by atoms with van der Waals surface area (Å²) in [5.41, 5.74) is 0. The van der Waals surface area contributed by atoms with Crippen LogP contribution in [0.5, 0.6) is 0 Å². The Kier molecular flexibility index (Phi) is 0.876. The molecule has 2 bridgehead atoms. The van der Waals surface area contributed by atoms with Gasteiger partial charge in [-0.3, -0.25) is 4.79 Å². The summed E-state index contributed by atoms with van der Waals surface area (Å²) in [4.78, 5) is 11.1. The second-order valence-electron chi connectivity index (χ2n) is 3.89. The molecule has 0 amide bonds. The van der Waals surface area contributed by atoms with Crippen LogP contribution in [0.25, 0.3) is 0 Å². The van der Waals surface area contributed by atoms with Gasteiger partial charge in [-0.15, -0.1) is 0 Å². The molecule has 0 radical (unpaired) electrons. The van der Waals surface area contributed by atoms with E-state index in [-0.39, 0.29) is 24.1 Å². The van der Waals surface area contributed by atoms with Crippen LogP contribution in [0.1, 0.15) is 12.8 Å². The van der Waals surface area contributed by atoms with Crippen LogP contribution in [0, 0.1) is 17.8 Å². The van der Waals surface area contributed by atoms with Crippen LogP contribution in [0.4, 0.5) is 0 Å². The average Bonchev–Trinajstić information content (AvgIpc) is 2.53. The molecule has 0 spiro atoms. The van der Waals surface area contributed by atoms with Crippen molar-refractivity contribution in [1.82, 2.24) is 0 Å². The van der Waals surface area contributed by atoms with E-state index in [1.165, 1.54) is 0 Å². The Morgan fingerprint density at radius 2 is 2.27 bits per heavy atom. The van der Waals surface area contributed by atoms with Gasteiger partial charge in [-0.1, -0.05) is 0 Å². The number of ether oxygens (including phenoxy) is 1. The Morgan fingerprint density at radius 1 is 1.45 bits per heavy atom. The smallest absolute Gasteiger partial charge is 0.309 e. The number of carbonyl (C=O) groups is 1. The molecule has 1 heterocycles. The fourth-order valence-corrected chi connectivity index (χ4v) is 2.92. The minimum absolute atomic E-state index is 0.0703. The maximum atomic E-state index is 11.1. The predicted molar refractivity (Wildman–Crippen MR) is 35.6 cm³/mol. The third-order valence-electron chi connectivity index (χ3n) is 3.44. The molecule has 1 saturated heterocycles. The van der Waals surface area contributed by atoms with E-state index >= 15 is 0 Å². The number of hydrogen-bond donors (Lipinski definition) is 1. The van der Waals surface area contributed by atoms with Gasteiger partial charge in [-0.05, 0) is 18.8 Å². The van der Waals surface area contributed by atoms with Crippen molar-refractivity contribution in [3.8, 4) is 0 Å². The van der Waals surface area contributed by atoms with Crippen LogP contribution in [0.3, 0.4) is 0 Å². The number of aliphatic hydroxyl groups excluding tert-OH is 1. The number of fused-ring (bicyclic) bond motifs is 1. The lowest BCUT2D eigenvalue weighted by molar-refractivity contribution is -0.145. The zero-order chi connectivity index (χ0) is 7.59. The molecule has 0 aromatic carbocycles. The Balaban J connectivity index is 2.04. The Labute approximate surface area is 64.3 Å². The molecule has 2 saturated carbocycles. The third kappa shape index (κ3) is 0.527. The summed E-state index contributed by atoms with van der Waals surface area (Å²) < 4.78 is 5.06. The second kappa shape index (κ2) is 1.61. The summed E-state index contributed by atoms with van der Waals surface area (Å²) in [7, 11) is 0. The summed E-state index contributed by atoms with van der Waals surface area (Å²) >= 11 is 0. The third-order valence-corrected chi connectivity index (χ3v) is 3.44. The number of aliphatic hydroxyl groups is 1. The number of carbonyl (C=O) groups excluding carboxylic acids is 1. The van der Waals surface area contributed by atoms with E-state index in [1.807, 2.05) is 0 Å². The van der Waals surface area contributed by atoms with Crippen molar-refractivity contribution >= 4 is 5.97 Å². The van der Waals surface area contributed by atoms with Gasteiger partial charge in [-0.2, -0.15) is 0 Å². The Bertz CT molecular complexity index is 225. The lowest BCUT2D eigenvalue weighted by Gasteiger charge is -2.19. The van der Waals surface area contributed by atoms with Gasteiger partial charge in [0.15, 0.2) is 0 Å². The van der Waals surface area contributed by atoms with Crippen LogP contribution in [0.15, 0.2) is 0 Å². The van der Waals surface area contributed by atoms with E-state index < -0.39 is 0 Å². The van der Waals surface area contributed by atoms with Gasteiger partial charge in [0.1, 0.15) is 6.10 Å². The molecule has 3 heteroatoms. The van der Waals surface area contributed by atoms with Crippen molar-refractivity contribution in [2.75, 3.05) is 0 Å². The highest BCUT2D eigenvalue weighted by Crippen LogP contribution is 2.54. The van der Waals surface area contributed by atoms with Crippen LogP contribution in [0.2, 0.25) is 0 Å². The summed E-state index contributed by atoms with van der Waals surface area (Å²) in [6, 6.07) is 0. The Hall–Kier alpha value is -0.570. The molecule has 3 aliphatic rings. The molecule has 60 valence electrons. The molecule has 0 unspecified atom stereocenters.